The minimum Gasteiger partial charge on any atom is -0.370 e. The van der Waals surface area contributed by atoms with Gasteiger partial charge in [-0.25, -0.2) is 9.59 Å². The predicted octanol–water partition coefficient (Wildman–Crippen LogP) is 5.09. The Hall–Kier alpha value is -3.22. The molecular weight excluding hydrogens is 402 g/mol. The Balaban J connectivity index is 1.76. The summed E-state index contributed by atoms with van der Waals surface area (Å²) in [5, 5.41) is 6.07. The van der Waals surface area contributed by atoms with Crippen LogP contribution in [0.2, 0.25) is 0 Å². The maximum absolute atomic E-state index is 13.0. The molecule has 0 spiro atoms. The Morgan fingerprint density at radius 1 is 0.875 bits per heavy atom. The van der Waals surface area contributed by atoms with Gasteiger partial charge < -0.3 is 15.5 Å². The van der Waals surface area contributed by atoms with Crippen molar-refractivity contribution in [2.45, 2.75) is 60.0 Å². The summed E-state index contributed by atoms with van der Waals surface area (Å²) in [5.41, 5.74) is 6.37. The van der Waals surface area contributed by atoms with E-state index in [2.05, 4.69) is 21.6 Å². The lowest BCUT2D eigenvalue weighted by Crippen LogP contribution is -2.31. The lowest BCUT2D eigenvalue weighted by Gasteiger charge is -2.31. The average molecular weight is 436 g/mol. The topological polar surface area (TPSA) is 71.3 Å². The van der Waals surface area contributed by atoms with Gasteiger partial charge in [0.25, 0.3) is 0 Å². The number of rotatable bonds is 5. The van der Waals surface area contributed by atoms with E-state index < -0.39 is 0 Å². The quantitative estimate of drug-likeness (QED) is 0.586. The third-order valence-corrected chi connectivity index (χ3v) is 6.35. The smallest absolute Gasteiger partial charge is 0.329 e. The number of nitrogens with zero attached hydrogens (tertiary/aromatic N) is 3. The third-order valence-electron chi connectivity index (χ3n) is 6.35. The van der Waals surface area contributed by atoms with Crippen molar-refractivity contribution in [3.8, 4) is 0 Å². The molecule has 2 aromatic carbocycles. The summed E-state index contributed by atoms with van der Waals surface area (Å²) >= 11 is 0. The van der Waals surface area contributed by atoms with Crippen LogP contribution in [0.15, 0.2) is 35.1 Å². The van der Waals surface area contributed by atoms with Gasteiger partial charge in [0, 0.05) is 31.9 Å². The highest BCUT2D eigenvalue weighted by atomic mass is 16.2. The second-order valence-corrected chi connectivity index (χ2v) is 8.57. The summed E-state index contributed by atoms with van der Waals surface area (Å²) in [5.74, 6) is 0. The zero-order valence-electron chi connectivity index (χ0n) is 19.5. The minimum absolute atomic E-state index is 0.00780. The van der Waals surface area contributed by atoms with Crippen LogP contribution in [0, 0.1) is 13.8 Å². The summed E-state index contributed by atoms with van der Waals surface area (Å²) < 4.78 is 3.58. The van der Waals surface area contributed by atoms with Crippen LogP contribution in [0.25, 0.3) is 11.0 Å². The fraction of sp³-hybridized carbons (Fsp3) is 0.440. The first-order valence-electron chi connectivity index (χ1n) is 11.6. The van der Waals surface area contributed by atoms with E-state index >= 15 is 0 Å². The Kier molecular flexibility index (Phi) is 6.26. The van der Waals surface area contributed by atoms with Gasteiger partial charge in [0.05, 0.1) is 22.4 Å². The fourth-order valence-electron chi connectivity index (χ4n) is 4.60. The molecule has 0 saturated carbocycles. The molecule has 1 saturated heterocycles. The molecule has 1 aromatic heterocycles. The monoisotopic (exact) mass is 435 g/mol. The van der Waals surface area contributed by atoms with E-state index in [4.69, 9.17) is 0 Å². The highest BCUT2D eigenvalue weighted by Gasteiger charge is 2.21. The van der Waals surface area contributed by atoms with Gasteiger partial charge >= 0.3 is 11.7 Å². The Morgan fingerprint density at radius 2 is 1.50 bits per heavy atom. The molecule has 32 heavy (non-hydrogen) atoms. The van der Waals surface area contributed by atoms with Gasteiger partial charge in [-0.2, -0.15) is 0 Å². The molecule has 2 amide bonds. The van der Waals surface area contributed by atoms with Crippen molar-refractivity contribution >= 4 is 34.1 Å². The van der Waals surface area contributed by atoms with E-state index in [1.807, 2.05) is 56.5 Å². The van der Waals surface area contributed by atoms with Crippen molar-refractivity contribution in [2.24, 2.45) is 0 Å². The maximum Gasteiger partial charge on any atom is 0.329 e. The van der Waals surface area contributed by atoms with Crippen molar-refractivity contribution in [1.29, 1.82) is 0 Å². The van der Waals surface area contributed by atoms with Crippen molar-refractivity contribution in [2.75, 3.05) is 28.6 Å². The summed E-state index contributed by atoms with van der Waals surface area (Å²) in [6, 6.07) is 9.76. The normalized spacial score (nSPS) is 14.1. The highest BCUT2D eigenvalue weighted by molar-refractivity contribution is 6.04. The van der Waals surface area contributed by atoms with Crippen LogP contribution in [0.4, 0.5) is 21.9 Å². The molecule has 2 N–H and O–H groups in total. The van der Waals surface area contributed by atoms with E-state index in [1.54, 1.807) is 4.57 Å². The number of imidazole rings is 1. The molecule has 0 aliphatic carbocycles. The van der Waals surface area contributed by atoms with Crippen LogP contribution in [-0.2, 0) is 13.1 Å². The van der Waals surface area contributed by atoms with Crippen LogP contribution in [0.1, 0.15) is 44.2 Å². The molecule has 4 rings (SSSR count). The largest absolute Gasteiger partial charge is 0.370 e. The van der Waals surface area contributed by atoms with Crippen molar-refractivity contribution in [1.82, 2.24) is 9.13 Å². The highest BCUT2D eigenvalue weighted by Crippen LogP contribution is 2.33. The van der Waals surface area contributed by atoms with Crippen LogP contribution in [0.5, 0.6) is 0 Å². The van der Waals surface area contributed by atoms with Crippen LogP contribution >= 0.6 is 0 Å². The molecule has 3 aromatic rings. The first kappa shape index (κ1) is 22.0. The van der Waals surface area contributed by atoms with Gasteiger partial charge in [-0.3, -0.25) is 9.13 Å². The number of nitrogens with one attached hydrogen (secondary N) is 2. The van der Waals surface area contributed by atoms with Gasteiger partial charge in [-0.05, 0) is 76.3 Å². The maximum atomic E-state index is 13.0. The standard InChI is InChI=1S/C25H33N5O2/c1-5-29-22-15-20(27-24(31)26-19-14-17(3)10-11-18(19)4)21(28-12-8-7-9-13-28)16-23(22)30(6-2)25(29)32/h10-11,14-16H,5-9,12-13H2,1-4H3,(H2,26,27,31). The van der Waals surface area contributed by atoms with Gasteiger partial charge in [0.2, 0.25) is 0 Å². The second-order valence-electron chi connectivity index (χ2n) is 8.57. The molecule has 7 nitrogen and oxygen atoms in total. The van der Waals surface area contributed by atoms with Gasteiger partial charge in [-0.15, -0.1) is 0 Å². The molecule has 0 unspecified atom stereocenters. The molecule has 1 aliphatic rings. The first-order valence-corrected chi connectivity index (χ1v) is 11.6. The number of anilines is 3. The van der Waals surface area contributed by atoms with Gasteiger partial charge in [0.15, 0.2) is 0 Å². The third kappa shape index (κ3) is 4.11. The molecule has 0 atom stereocenters. The summed E-state index contributed by atoms with van der Waals surface area (Å²) in [4.78, 5) is 28.2. The van der Waals surface area contributed by atoms with Crippen LogP contribution < -0.4 is 21.2 Å². The molecule has 1 fully saturated rings. The Bertz CT molecular complexity index is 1200. The number of amides is 2. The average Bonchev–Trinajstić information content (AvgIpc) is 3.05. The van der Waals surface area contributed by atoms with Crippen LogP contribution in [0.3, 0.4) is 0 Å². The minimum atomic E-state index is -0.281. The molecule has 7 heteroatoms. The molecule has 170 valence electrons. The van der Waals surface area contributed by atoms with E-state index in [0.717, 1.165) is 65.2 Å². The number of benzene rings is 2. The van der Waals surface area contributed by atoms with Crippen molar-refractivity contribution in [3.05, 3.63) is 51.9 Å². The van der Waals surface area contributed by atoms with Crippen LogP contribution in [-0.4, -0.2) is 28.3 Å². The number of urea groups is 1. The number of hydrogen-bond acceptors (Lipinski definition) is 3. The molecule has 1 aliphatic heterocycles. The number of aryl methyl sites for hydroxylation is 4. The first-order chi connectivity index (χ1) is 15.4. The number of piperidine rings is 1. The molecular formula is C25H33N5O2. The summed E-state index contributed by atoms with van der Waals surface area (Å²) in [7, 11) is 0. The van der Waals surface area contributed by atoms with E-state index in [0.29, 0.717) is 13.1 Å². The number of carbonyl (C=O) groups excluding carboxylic acids is 1. The summed E-state index contributed by atoms with van der Waals surface area (Å²) in [6.07, 6.45) is 3.48. The SMILES string of the molecule is CCn1c(=O)n(CC)c2cc(N3CCCCC3)c(NC(=O)Nc3cc(C)ccc3C)cc21. The number of hydrogen-bond donors (Lipinski definition) is 2. The second kappa shape index (κ2) is 9.10. The van der Waals surface area contributed by atoms with Crippen molar-refractivity contribution in [3.63, 3.8) is 0 Å². The predicted molar refractivity (Wildman–Crippen MR) is 132 cm³/mol. The Labute approximate surface area is 189 Å². The lowest BCUT2D eigenvalue weighted by atomic mass is 10.1. The molecule has 2 heterocycles. The van der Waals surface area contributed by atoms with E-state index in [9.17, 15) is 9.59 Å². The zero-order valence-corrected chi connectivity index (χ0v) is 19.5. The van der Waals surface area contributed by atoms with Gasteiger partial charge in [0.1, 0.15) is 0 Å². The number of carbonyl (C=O) groups is 1. The van der Waals surface area contributed by atoms with Gasteiger partial charge in [-0.1, -0.05) is 12.1 Å². The Morgan fingerprint density at radius 3 is 2.16 bits per heavy atom. The van der Waals surface area contributed by atoms with E-state index in [1.165, 1.54) is 6.42 Å². The molecule has 0 bridgehead atoms. The number of fused-ring (bicyclic) bond motifs is 1. The van der Waals surface area contributed by atoms with Crippen molar-refractivity contribution < 1.29 is 4.79 Å². The zero-order chi connectivity index (χ0) is 22.8. The lowest BCUT2D eigenvalue weighted by molar-refractivity contribution is 0.262. The molecule has 0 radical (unpaired) electrons. The fourth-order valence-corrected chi connectivity index (χ4v) is 4.60. The van der Waals surface area contributed by atoms with E-state index in [-0.39, 0.29) is 11.7 Å². The summed E-state index contributed by atoms with van der Waals surface area (Å²) in [6.45, 7) is 11.0. The number of aromatic nitrogens is 2.